The first kappa shape index (κ1) is 24.5. The normalized spacial score (nSPS) is 24.5. The molecule has 2 saturated heterocycles. The Balaban J connectivity index is 1.09. The van der Waals surface area contributed by atoms with Crippen molar-refractivity contribution in [2.45, 2.75) is 77.0 Å². The van der Waals surface area contributed by atoms with Crippen LogP contribution < -0.4 is 5.32 Å². The fourth-order valence-corrected chi connectivity index (χ4v) is 6.66. The van der Waals surface area contributed by atoms with Crippen LogP contribution in [-0.4, -0.2) is 42.1 Å². The van der Waals surface area contributed by atoms with Crippen LogP contribution in [0.25, 0.3) is 0 Å². The third-order valence-electron chi connectivity index (χ3n) is 8.83. The van der Waals surface area contributed by atoms with Crippen molar-refractivity contribution in [2.24, 2.45) is 23.7 Å². The lowest BCUT2D eigenvalue weighted by Gasteiger charge is -2.36. The van der Waals surface area contributed by atoms with E-state index in [-0.39, 0.29) is 0 Å². The van der Waals surface area contributed by atoms with Gasteiger partial charge in [-0.3, -0.25) is 4.79 Å². The van der Waals surface area contributed by atoms with E-state index in [1.165, 1.54) is 37.7 Å². The standard InChI is InChI=1S/C30H43N3O2/c34-30(33-15-12-25(13-16-33)17-23-7-3-1-4-8-23)20-26-11-14-31-22-27(26)19-28-21-29(35-32-28)18-24-9-5-2-6-10-24/h1,3-4,7-8,21,24-27,31H,2,5-6,9-20,22H2/t26-,27-/m0/s1. The zero-order chi connectivity index (χ0) is 23.9. The number of benzene rings is 1. The topological polar surface area (TPSA) is 58.4 Å². The smallest absolute Gasteiger partial charge is 0.222 e. The highest BCUT2D eigenvalue weighted by Gasteiger charge is 2.31. The molecule has 5 heteroatoms. The van der Waals surface area contributed by atoms with Gasteiger partial charge in [-0.2, -0.15) is 0 Å². The van der Waals surface area contributed by atoms with Crippen LogP contribution in [0.4, 0.5) is 0 Å². The summed E-state index contributed by atoms with van der Waals surface area (Å²) in [5.41, 5.74) is 2.49. The third kappa shape index (κ3) is 6.97. The number of amides is 1. The van der Waals surface area contributed by atoms with E-state index in [0.29, 0.717) is 30.1 Å². The second-order valence-electron chi connectivity index (χ2n) is 11.4. The second-order valence-corrected chi connectivity index (χ2v) is 11.4. The van der Waals surface area contributed by atoms with Crippen LogP contribution in [0.15, 0.2) is 40.9 Å². The van der Waals surface area contributed by atoms with Gasteiger partial charge in [0.25, 0.3) is 0 Å². The van der Waals surface area contributed by atoms with Crippen molar-refractivity contribution >= 4 is 5.91 Å². The molecule has 0 bridgehead atoms. The highest BCUT2D eigenvalue weighted by molar-refractivity contribution is 5.76. The van der Waals surface area contributed by atoms with Gasteiger partial charge in [0.2, 0.25) is 5.91 Å². The van der Waals surface area contributed by atoms with Crippen molar-refractivity contribution in [1.82, 2.24) is 15.4 Å². The summed E-state index contributed by atoms with van der Waals surface area (Å²) in [6.07, 6.45) is 13.9. The van der Waals surface area contributed by atoms with Crippen LogP contribution in [0, 0.1) is 23.7 Å². The number of likely N-dealkylation sites (tertiary alicyclic amines) is 1. The summed E-state index contributed by atoms with van der Waals surface area (Å²) < 4.78 is 5.73. The van der Waals surface area contributed by atoms with E-state index in [1.807, 2.05) is 0 Å². The Hall–Kier alpha value is -2.14. The molecule has 0 radical (unpaired) electrons. The van der Waals surface area contributed by atoms with Gasteiger partial charge in [-0.05, 0) is 74.4 Å². The lowest BCUT2D eigenvalue weighted by Crippen LogP contribution is -2.43. The summed E-state index contributed by atoms with van der Waals surface area (Å²) in [7, 11) is 0. The van der Waals surface area contributed by atoms with Crippen molar-refractivity contribution < 1.29 is 9.32 Å². The summed E-state index contributed by atoms with van der Waals surface area (Å²) >= 11 is 0. The SMILES string of the molecule is O=C(C[C@@H]1CCNC[C@@H]1Cc1cc(CC2CCCCC2)on1)N1CCC(Cc2ccccc2)CC1. The molecule has 3 fully saturated rings. The van der Waals surface area contributed by atoms with E-state index >= 15 is 0 Å². The number of rotatable bonds is 8. The van der Waals surface area contributed by atoms with Crippen LogP contribution in [0.3, 0.4) is 0 Å². The molecule has 35 heavy (non-hydrogen) atoms. The minimum atomic E-state index is 0.359. The molecule has 0 unspecified atom stereocenters. The fourth-order valence-electron chi connectivity index (χ4n) is 6.66. The van der Waals surface area contributed by atoms with E-state index < -0.39 is 0 Å². The quantitative estimate of drug-likeness (QED) is 0.550. The molecule has 3 aliphatic rings. The van der Waals surface area contributed by atoms with Crippen LogP contribution in [0.2, 0.25) is 0 Å². The largest absolute Gasteiger partial charge is 0.361 e. The summed E-state index contributed by atoms with van der Waals surface area (Å²) in [6.45, 7) is 3.82. The average molecular weight is 478 g/mol. The average Bonchev–Trinajstić information content (AvgIpc) is 3.33. The number of hydrogen-bond donors (Lipinski definition) is 1. The lowest BCUT2D eigenvalue weighted by atomic mass is 9.80. The molecule has 1 N–H and O–H groups in total. The zero-order valence-corrected chi connectivity index (χ0v) is 21.3. The molecule has 1 aromatic heterocycles. The maximum atomic E-state index is 13.2. The van der Waals surface area contributed by atoms with Crippen LogP contribution in [0.1, 0.15) is 74.8 Å². The number of hydrogen-bond acceptors (Lipinski definition) is 4. The summed E-state index contributed by atoms with van der Waals surface area (Å²) in [6, 6.07) is 13.0. The van der Waals surface area contributed by atoms with Gasteiger partial charge in [0.1, 0.15) is 5.76 Å². The number of piperidine rings is 2. The minimum absolute atomic E-state index is 0.359. The lowest BCUT2D eigenvalue weighted by molar-refractivity contribution is -0.134. The highest BCUT2D eigenvalue weighted by Crippen LogP contribution is 2.30. The van der Waals surface area contributed by atoms with Crippen molar-refractivity contribution in [3.8, 4) is 0 Å². The predicted molar refractivity (Wildman–Crippen MR) is 139 cm³/mol. The van der Waals surface area contributed by atoms with E-state index in [2.05, 4.69) is 51.8 Å². The maximum absolute atomic E-state index is 13.2. The van der Waals surface area contributed by atoms with Crippen LogP contribution in [-0.2, 0) is 24.1 Å². The Kier molecular flexibility index (Phi) is 8.56. The zero-order valence-electron chi connectivity index (χ0n) is 21.3. The molecule has 3 heterocycles. The molecule has 0 spiro atoms. The van der Waals surface area contributed by atoms with Crippen molar-refractivity contribution in [2.75, 3.05) is 26.2 Å². The number of carbonyl (C=O) groups is 1. The van der Waals surface area contributed by atoms with E-state index in [4.69, 9.17) is 4.52 Å². The van der Waals surface area contributed by atoms with Gasteiger partial charge in [0, 0.05) is 32.0 Å². The molecule has 2 atom stereocenters. The van der Waals surface area contributed by atoms with Crippen LogP contribution >= 0.6 is 0 Å². The molecule has 1 amide bonds. The Morgan fingerprint density at radius 3 is 2.49 bits per heavy atom. The predicted octanol–water partition coefficient (Wildman–Crippen LogP) is 5.44. The van der Waals surface area contributed by atoms with Gasteiger partial charge in [-0.1, -0.05) is 67.6 Å². The van der Waals surface area contributed by atoms with Crippen molar-refractivity contribution in [1.29, 1.82) is 0 Å². The fraction of sp³-hybridized carbons (Fsp3) is 0.667. The van der Waals surface area contributed by atoms with E-state index in [1.54, 1.807) is 0 Å². The summed E-state index contributed by atoms with van der Waals surface area (Å²) in [5.74, 6) is 3.77. The Bertz CT molecular complexity index is 913. The van der Waals surface area contributed by atoms with Gasteiger partial charge in [-0.15, -0.1) is 0 Å². The summed E-state index contributed by atoms with van der Waals surface area (Å²) in [4.78, 5) is 15.4. The third-order valence-corrected chi connectivity index (χ3v) is 8.83. The van der Waals surface area contributed by atoms with Gasteiger partial charge in [0.05, 0.1) is 5.69 Å². The number of nitrogens with zero attached hydrogens (tertiary/aromatic N) is 2. The Labute approximate surface area is 211 Å². The maximum Gasteiger partial charge on any atom is 0.222 e. The first-order valence-corrected chi connectivity index (χ1v) is 14.2. The number of carbonyl (C=O) groups excluding carboxylic acids is 1. The van der Waals surface area contributed by atoms with Gasteiger partial charge >= 0.3 is 0 Å². The molecule has 5 nitrogen and oxygen atoms in total. The molecule has 1 aromatic carbocycles. The Morgan fingerprint density at radius 1 is 0.914 bits per heavy atom. The first-order chi connectivity index (χ1) is 17.2. The van der Waals surface area contributed by atoms with Crippen LogP contribution in [0.5, 0.6) is 0 Å². The first-order valence-electron chi connectivity index (χ1n) is 14.2. The van der Waals surface area contributed by atoms with Gasteiger partial charge in [-0.25, -0.2) is 0 Å². The summed E-state index contributed by atoms with van der Waals surface area (Å²) in [5, 5.41) is 7.98. The molecular weight excluding hydrogens is 434 g/mol. The van der Waals surface area contributed by atoms with E-state index in [0.717, 1.165) is 82.1 Å². The molecule has 2 aliphatic heterocycles. The highest BCUT2D eigenvalue weighted by atomic mass is 16.5. The van der Waals surface area contributed by atoms with Crippen molar-refractivity contribution in [3.63, 3.8) is 0 Å². The molecule has 5 rings (SSSR count). The van der Waals surface area contributed by atoms with Crippen molar-refractivity contribution in [3.05, 3.63) is 53.4 Å². The second kappa shape index (κ2) is 12.2. The monoisotopic (exact) mass is 477 g/mol. The molecule has 190 valence electrons. The number of aromatic nitrogens is 1. The molecule has 1 aliphatic carbocycles. The van der Waals surface area contributed by atoms with Gasteiger partial charge < -0.3 is 14.7 Å². The molecule has 1 saturated carbocycles. The molecular formula is C30H43N3O2. The minimum Gasteiger partial charge on any atom is -0.361 e. The Morgan fingerprint density at radius 2 is 1.69 bits per heavy atom. The van der Waals surface area contributed by atoms with Gasteiger partial charge in [0.15, 0.2) is 0 Å². The van der Waals surface area contributed by atoms with E-state index in [9.17, 15) is 4.79 Å². The number of nitrogens with one attached hydrogen (secondary N) is 1. The molecule has 2 aromatic rings.